The Labute approximate surface area is 144 Å². The lowest BCUT2D eigenvalue weighted by Crippen LogP contribution is -2.46. The molecular weight excluding hydrogens is 304 g/mol. The molecule has 1 unspecified atom stereocenters. The lowest BCUT2D eigenvalue weighted by molar-refractivity contribution is 0.0195. The molecule has 1 aromatic heterocycles. The van der Waals surface area contributed by atoms with Crippen molar-refractivity contribution in [1.82, 2.24) is 24.9 Å². The second kappa shape index (κ2) is 8.48. The van der Waals surface area contributed by atoms with Gasteiger partial charge in [0.25, 0.3) is 0 Å². The van der Waals surface area contributed by atoms with Gasteiger partial charge in [0.15, 0.2) is 5.96 Å². The van der Waals surface area contributed by atoms with E-state index in [1.54, 1.807) is 0 Å². The summed E-state index contributed by atoms with van der Waals surface area (Å²) in [5, 5.41) is 7.77. The lowest BCUT2D eigenvalue weighted by Gasteiger charge is -2.32. The fourth-order valence-corrected chi connectivity index (χ4v) is 3.45. The van der Waals surface area contributed by atoms with Crippen LogP contribution >= 0.6 is 0 Å². The van der Waals surface area contributed by atoms with Crippen molar-refractivity contribution in [3.63, 3.8) is 0 Å². The Morgan fingerprint density at radius 1 is 1.38 bits per heavy atom. The normalized spacial score (nSPS) is 23.0. The van der Waals surface area contributed by atoms with Crippen LogP contribution in [-0.4, -0.2) is 84.1 Å². The van der Waals surface area contributed by atoms with Crippen LogP contribution in [0.25, 0.3) is 0 Å². The number of aliphatic imine (C=N–C) groups is 1. The van der Waals surface area contributed by atoms with E-state index >= 15 is 0 Å². The van der Waals surface area contributed by atoms with Crippen LogP contribution in [0.3, 0.4) is 0 Å². The van der Waals surface area contributed by atoms with Gasteiger partial charge in [-0.3, -0.25) is 14.6 Å². The highest BCUT2D eigenvalue weighted by molar-refractivity contribution is 5.80. The summed E-state index contributed by atoms with van der Waals surface area (Å²) in [6.07, 6.45) is 5.16. The molecule has 0 saturated carbocycles. The first kappa shape index (κ1) is 17.2. The minimum absolute atomic E-state index is 0.631. The van der Waals surface area contributed by atoms with Gasteiger partial charge in [-0.15, -0.1) is 0 Å². The maximum atomic E-state index is 5.47. The molecule has 0 aliphatic carbocycles. The number of ether oxygens (including phenoxy) is 1. The van der Waals surface area contributed by atoms with Gasteiger partial charge in [0.2, 0.25) is 0 Å². The van der Waals surface area contributed by atoms with E-state index in [1.165, 1.54) is 12.0 Å². The number of nitrogens with one attached hydrogen (secondary N) is 1. The van der Waals surface area contributed by atoms with Crippen molar-refractivity contribution in [2.75, 3.05) is 52.5 Å². The predicted molar refractivity (Wildman–Crippen MR) is 95.3 cm³/mol. The zero-order chi connectivity index (χ0) is 16.8. The molecule has 1 N–H and O–H groups in total. The molecule has 7 heteroatoms. The van der Waals surface area contributed by atoms with Gasteiger partial charge in [-0.1, -0.05) is 0 Å². The first-order chi connectivity index (χ1) is 11.8. The van der Waals surface area contributed by atoms with Crippen LogP contribution in [0.2, 0.25) is 0 Å². The van der Waals surface area contributed by atoms with Gasteiger partial charge in [-0.2, -0.15) is 5.10 Å². The van der Waals surface area contributed by atoms with Crippen LogP contribution in [0.4, 0.5) is 0 Å². The number of guanidine groups is 1. The van der Waals surface area contributed by atoms with Crippen molar-refractivity contribution in [1.29, 1.82) is 0 Å². The second-order valence-corrected chi connectivity index (χ2v) is 6.55. The van der Waals surface area contributed by atoms with E-state index in [0.717, 1.165) is 65.0 Å². The first-order valence-corrected chi connectivity index (χ1v) is 9.10. The van der Waals surface area contributed by atoms with Crippen LogP contribution in [0.5, 0.6) is 0 Å². The third-order valence-corrected chi connectivity index (χ3v) is 4.71. The van der Waals surface area contributed by atoms with Gasteiger partial charge < -0.3 is 15.0 Å². The quantitative estimate of drug-likeness (QED) is 0.630. The largest absolute Gasteiger partial charge is 0.379 e. The molecule has 1 aromatic rings. The van der Waals surface area contributed by atoms with Crippen molar-refractivity contribution < 1.29 is 4.74 Å². The summed E-state index contributed by atoms with van der Waals surface area (Å²) in [6.45, 7) is 12.7. The minimum Gasteiger partial charge on any atom is -0.379 e. The minimum atomic E-state index is 0.631. The van der Waals surface area contributed by atoms with Crippen molar-refractivity contribution in [3.8, 4) is 0 Å². The zero-order valence-electron chi connectivity index (χ0n) is 14.9. The Hall–Kier alpha value is -1.60. The van der Waals surface area contributed by atoms with E-state index < -0.39 is 0 Å². The molecule has 0 bridgehead atoms. The molecule has 134 valence electrons. The van der Waals surface area contributed by atoms with Crippen LogP contribution < -0.4 is 5.32 Å². The fourth-order valence-electron chi connectivity index (χ4n) is 3.45. The third-order valence-electron chi connectivity index (χ3n) is 4.71. The molecule has 0 radical (unpaired) electrons. The lowest BCUT2D eigenvalue weighted by atomic mass is 10.2. The third kappa shape index (κ3) is 4.48. The number of nitrogens with zero attached hydrogens (tertiary/aromatic N) is 5. The summed E-state index contributed by atoms with van der Waals surface area (Å²) in [5.74, 6) is 1.04. The average Bonchev–Trinajstić information content (AvgIpc) is 3.24. The predicted octanol–water partition coefficient (Wildman–Crippen LogP) is 0.564. The number of aryl methyl sites for hydroxylation is 1. The highest BCUT2D eigenvalue weighted by Crippen LogP contribution is 2.17. The van der Waals surface area contributed by atoms with Crippen molar-refractivity contribution in [2.45, 2.75) is 32.9 Å². The second-order valence-electron chi connectivity index (χ2n) is 6.55. The number of hydrogen-bond acceptors (Lipinski definition) is 4. The van der Waals surface area contributed by atoms with Gasteiger partial charge >= 0.3 is 0 Å². The van der Waals surface area contributed by atoms with Crippen LogP contribution in [-0.2, 0) is 11.3 Å². The Morgan fingerprint density at radius 2 is 2.21 bits per heavy atom. The van der Waals surface area contributed by atoms with E-state index in [1.807, 2.05) is 10.9 Å². The summed E-state index contributed by atoms with van der Waals surface area (Å²) in [4.78, 5) is 9.78. The van der Waals surface area contributed by atoms with Gasteiger partial charge in [-0.25, -0.2) is 0 Å². The standard InChI is InChI=1S/C17H30N6O/c1-3-18-17(19-5-7-23-13-15(2)12-20-23)22-6-4-16(14-22)21-8-10-24-11-9-21/h12-13,16H,3-11,14H2,1-2H3,(H,18,19). The van der Waals surface area contributed by atoms with E-state index in [4.69, 9.17) is 9.73 Å². The fraction of sp³-hybridized carbons (Fsp3) is 0.765. The Balaban J connectivity index is 1.53. The summed E-state index contributed by atoms with van der Waals surface area (Å²) < 4.78 is 7.43. The Morgan fingerprint density at radius 3 is 2.92 bits per heavy atom. The molecule has 3 rings (SSSR count). The highest BCUT2D eigenvalue weighted by Gasteiger charge is 2.30. The molecule has 2 aliphatic heterocycles. The van der Waals surface area contributed by atoms with Crippen LogP contribution in [0, 0.1) is 6.92 Å². The number of aromatic nitrogens is 2. The molecule has 0 aromatic carbocycles. The summed E-state index contributed by atoms with van der Waals surface area (Å²) >= 11 is 0. The highest BCUT2D eigenvalue weighted by atomic mass is 16.5. The van der Waals surface area contributed by atoms with E-state index in [2.05, 4.69) is 40.3 Å². The van der Waals surface area contributed by atoms with Gasteiger partial charge in [-0.05, 0) is 25.8 Å². The SMILES string of the molecule is CCNC(=NCCn1cc(C)cn1)N1CCC(N2CCOCC2)C1. The van der Waals surface area contributed by atoms with E-state index in [-0.39, 0.29) is 0 Å². The molecule has 0 amide bonds. The maximum Gasteiger partial charge on any atom is 0.194 e. The summed E-state index contributed by atoms with van der Waals surface area (Å²) in [6, 6.07) is 0.631. The summed E-state index contributed by atoms with van der Waals surface area (Å²) in [7, 11) is 0. The van der Waals surface area contributed by atoms with Crippen LogP contribution in [0.15, 0.2) is 17.4 Å². The topological polar surface area (TPSA) is 57.9 Å². The Bertz CT molecular complexity index is 537. The van der Waals surface area contributed by atoms with Crippen molar-refractivity contribution in [2.24, 2.45) is 4.99 Å². The number of rotatable bonds is 5. The molecule has 2 fully saturated rings. The van der Waals surface area contributed by atoms with Crippen LogP contribution in [0.1, 0.15) is 18.9 Å². The summed E-state index contributed by atoms with van der Waals surface area (Å²) in [5.41, 5.74) is 1.19. The van der Waals surface area contributed by atoms with Gasteiger partial charge in [0.1, 0.15) is 0 Å². The average molecular weight is 334 g/mol. The van der Waals surface area contributed by atoms with E-state index in [9.17, 15) is 0 Å². The molecular formula is C17H30N6O. The maximum absolute atomic E-state index is 5.47. The molecule has 1 atom stereocenters. The number of likely N-dealkylation sites (tertiary alicyclic amines) is 1. The van der Waals surface area contributed by atoms with E-state index in [0.29, 0.717) is 6.04 Å². The molecule has 0 spiro atoms. The zero-order valence-corrected chi connectivity index (χ0v) is 14.9. The van der Waals surface area contributed by atoms with Gasteiger partial charge in [0.05, 0.1) is 32.5 Å². The van der Waals surface area contributed by atoms with Gasteiger partial charge in [0, 0.05) is 45.0 Å². The molecule has 2 saturated heterocycles. The van der Waals surface area contributed by atoms with Crippen molar-refractivity contribution in [3.05, 3.63) is 18.0 Å². The monoisotopic (exact) mass is 334 g/mol. The van der Waals surface area contributed by atoms with Crippen molar-refractivity contribution >= 4 is 5.96 Å². The molecule has 2 aliphatic rings. The molecule has 3 heterocycles. The first-order valence-electron chi connectivity index (χ1n) is 9.10. The molecule has 7 nitrogen and oxygen atoms in total. The molecule has 24 heavy (non-hydrogen) atoms. The number of hydrogen-bond donors (Lipinski definition) is 1. The Kier molecular flexibility index (Phi) is 6.09. The smallest absolute Gasteiger partial charge is 0.194 e. The number of morpholine rings is 1.